The number of benzene rings is 1. The van der Waals surface area contributed by atoms with Crippen molar-refractivity contribution in [3.8, 4) is 0 Å². The first-order valence-electron chi connectivity index (χ1n) is 6.41. The molecule has 0 heterocycles. The molecule has 0 spiro atoms. The molecule has 3 heteroatoms. The maximum atomic E-state index is 13.3. The Balaban J connectivity index is 2.51. The summed E-state index contributed by atoms with van der Waals surface area (Å²) >= 11 is 3.33. The van der Waals surface area contributed by atoms with E-state index in [1.807, 2.05) is 19.2 Å². The Morgan fingerprint density at radius 1 is 1.33 bits per heavy atom. The van der Waals surface area contributed by atoms with Crippen LogP contribution in [0.1, 0.15) is 43.7 Å². The van der Waals surface area contributed by atoms with Crippen LogP contribution in [0.2, 0.25) is 0 Å². The first kappa shape index (κ1) is 15.4. The van der Waals surface area contributed by atoms with Crippen molar-refractivity contribution in [3.05, 3.63) is 46.7 Å². The van der Waals surface area contributed by atoms with E-state index in [1.54, 1.807) is 6.07 Å². The fourth-order valence-electron chi connectivity index (χ4n) is 2.07. The largest absolute Gasteiger partial charge is 0.313 e. The van der Waals surface area contributed by atoms with E-state index >= 15 is 0 Å². The number of hydrogen-bond acceptors (Lipinski definition) is 1. The van der Waals surface area contributed by atoms with E-state index in [0.717, 1.165) is 29.3 Å². The highest BCUT2D eigenvalue weighted by Crippen LogP contribution is 2.24. The smallest absolute Gasteiger partial charge is 0.124 e. The molecule has 0 bridgehead atoms. The highest BCUT2D eigenvalue weighted by Gasteiger charge is 2.10. The van der Waals surface area contributed by atoms with Crippen molar-refractivity contribution >= 4 is 15.9 Å². The van der Waals surface area contributed by atoms with Gasteiger partial charge < -0.3 is 5.32 Å². The van der Waals surface area contributed by atoms with Crippen molar-refractivity contribution < 1.29 is 4.39 Å². The average Bonchev–Trinajstić information content (AvgIpc) is 2.32. The first-order chi connectivity index (χ1) is 8.67. The van der Waals surface area contributed by atoms with Gasteiger partial charge in [-0.15, -0.1) is 6.58 Å². The lowest BCUT2D eigenvalue weighted by Gasteiger charge is -2.17. The van der Waals surface area contributed by atoms with Gasteiger partial charge in [-0.1, -0.05) is 34.8 Å². The van der Waals surface area contributed by atoms with Gasteiger partial charge in [-0.25, -0.2) is 4.39 Å². The van der Waals surface area contributed by atoms with E-state index in [-0.39, 0.29) is 11.9 Å². The van der Waals surface area contributed by atoms with Crippen LogP contribution >= 0.6 is 15.9 Å². The van der Waals surface area contributed by atoms with Gasteiger partial charge in [0.05, 0.1) is 0 Å². The molecule has 0 radical (unpaired) electrons. The third-order valence-corrected chi connectivity index (χ3v) is 3.49. The fourth-order valence-corrected chi connectivity index (χ4v) is 2.55. The van der Waals surface area contributed by atoms with Crippen LogP contribution in [0.3, 0.4) is 0 Å². The van der Waals surface area contributed by atoms with E-state index in [1.165, 1.54) is 18.9 Å². The summed E-state index contributed by atoms with van der Waals surface area (Å²) in [5.41, 5.74) is 1.01. The van der Waals surface area contributed by atoms with E-state index in [9.17, 15) is 4.39 Å². The number of halogens is 2. The SMILES string of the molecule is C=CCCCCCC(NC)c1cc(F)cc(Br)c1. The lowest BCUT2D eigenvalue weighted by atomic mass is 10.00. The van der Waals surface area contributed by atoms with Crippen molar-refractivity contribution in [2.24, 2.45) is 0 Å². The summed E-state index contributed by atoms with van der Waals surface area (Å²) < 4.78 is 14.1. The molecule has 0 aliphatic rings. The first-order valence-corrected chi connectivity index (χ1v) is 7.21. The van der Waals surface area contributed by atoms with Gasteiger partial charge in [-0.2, -0.15) is 0 Å². The second-order valence-corrected chi connectivity index (χ2v) is 5.39. The predicted molar refractivity (Wildman–Crippen MR) is 79.2 cm³/mol. The number of hydrogen-bond donors (Lipinski definition) is 1. The molecule has 1 atom stereocenters. The normalized spacial score (nSPS) is 12.4. The molecular formula is C15H21BrFN. The second-order valence-electron chi connectivity index (χ2n) is 4.47. The molecule has 0 aliphatic carbocycles. The Labute approximate surface area is 118 Å². The Morgan fingerprint density at radius 3 is 2.72 bits per heavy atom. The zero-order valence-corrected chi connectivity index (χ0v) is 12.5. The molecular weight excluding hydrogens is 293 g/mol. The van der Waals surface area contributed by atoms with Gasteiger partial charge in [0.2, 0.25) is 0 Å². The summed E-state index contributed by atoms with van der Waals surface area (Å²) in [5, 5.41) is 3.26. The minimum Gasteiger partial charge on any atom is -0.313 e. The van der Waals surface area contributed by atoms with Gasteiger partial charge in [0.1, 0.15) is 5.82 Å². The monoisotopic (exact) mass is 313 g/mol. The average molecular weight is 314 g/mol. The van der Waals surface area contributed by atoms with E-state index in [4.69, 9.17) is 0 Å². The van der Waals surface area contributed by atoms with Gasteiger partial charge in [0, 0.05) is 10.5 Å². The molecule has 0 amide bonds. The quantitative estimate of drug-likeness (QED) is 0.527. The van der Waals surface area contributed by atoms with Gasteiger partial charge in [-0.05, 0) is 50.1 Å². The molecule has 1 aromatic carbocycles. The van der Waals surface area contributed by atoms with Crippen molar-refractivity contribution in [1.82, 2.24) is 5.32 Å². The lowest BCUT2D eigenvalue weighted by Crippen LogP contribution is -2.16. The number of nitrogens with one attached hydrogen (secondary N) is 1. The molecule has 1 aromatic rings. The predicted octanol–water partition coefficient (Wildman–Crippen LogP) is 4.99. The van der Waals surface area contributed by atoms with Crippen LogP contribution in [-0.2, 0) is 0 Å². The highest BCUT2D eigenvalue weighted by molar-refractivity contribution is 9.10. The standard InChI is InChI=1S/C15H21BrFN/c1-3-4-5-6-7-8-15(18-2)12-9-13(16)11-14(17)10-12/h3,9-11,15,18H,1,4-8H2,2H3. The molecule has 1 nitrogen and oxygen atoms in total. The molecule has 1 N–H and O–H groups in total. The third kappa shape index (κ3) is 5.32. The minimum atomic E-state index is -0.189. The highest BCUT2D eigenvalue weighted by atomic mass is 79.9. The molecule has 1 rings (SSSR count). The Bertz CT molecular complexity index is 359. The van der Waals surface area contributed by atoms with Crippen molar-refractivity contribution in [1.29, 1.82) is 0 Å². The Morgan fingerprint density at radius 2 is 2.11 bits per heavy atom. The fraction of sp³-hybridized carbons (Fsp3) is 0.467. The van der Waals surface area contributed by atoms with E-state index < -0.39 is 0 Å². The minimum absolute atomic E-state index is 0.189. The maximum absolute atomic E-state index is 13.3. The van der Waals surface area contributed by atoms with Crippen LogP contribution in [0.5, 0.6) is 0 Å². The second kappa shape index (κ2) is 8.44. The number of rotatable bonds is 8. The zero-order valence-electron chi connectivity index (χ0n) is 10.9. The third-order valence-electron chi connectivity index (χ3n) is 3.04. The van der Waals surface area contributed by atoms with Crippen molar-refractivity contribution in [2.75, 3.05) is 7.05 Å². The molecule has 1 unspecified atom stereocenters. The Kier molecular flexibility index (Phi) is 7.21. The molecule has 100 valence electrons. The molecule has 18 heavy (non-hydrogen) atoms. The van der Waals surface area contributed by atoms with Gasteiger partial charge in [0.25, 0.3) is 0 Å². The van der Waals surface area contributed by atoms with Crippen LogP contribution in [0.25, 0.3) is 0 Å². The van der Waals surface area contributed by atoms with Crippen LogP contribution < -0.4 is 5.32 Å². The van der Waals surface area contributed by atoms with Gasteiger partial charge in [0.15, 0.2) is 0 Å². The van der Waals surface area contributed by atoms with Crippen LogP contribution in [0, 0.1) is 5.82 Å². The van der Waals surface area contributed by atoms with Gasteiger partial charge >= 0.3 is 0 Å². The summed E-state index contributed by atoms with van der Waals surface area (Å²) in [5.74, 6) is -0.189. The summed E-state index contributed by atoms with van der Waals surface area (Å²) in [7, 11) is 1.92. The van der Waals surface area contributed by atoms with Crippen molar-refractivity contribution in [2.45, 2.75) is 38.1 Å². The molecule has 0 fully saturated rings. The zero-order chi connectivity index (χ0) is 13.4. The van der Waals surface area contributed by atoms with Crippen molar-refractivity contribution in [3.63, 3.8) is 0 Å². The molecule has 0 aromatic heterocycles. The Hall–Kier alpha value is -0.670. The number of allylic oxidation sites excluding steroid dienone is 1. The lowest BCUT2D eigenvalue weighted by molar-refractivity contribution is 0.504. The summed E-state index contributed by atoms with van der Waals surface area (Å²) in [4.78, 5) is 0. The molecule has 0 saturated carbocycles. The van der Waals surface area contributed by atoms with E-state index in [0.29, 0.717) is 0 Å². The van der Waals surface area contributed by atoms with Gasteiger partial charge in [-0.3, -0.25) is 0 Å². The summed E-state index contributed by atoms with van der Waals surface area (Å²) in [6, 6.07) is 5.30. The van der Waals surface area contributed by atoms with E-state index in [2.05, 4.69) is 27.8 Å². The van der Waals surface area contributed by atoms with Crippen LogP contribution in [-0.4, -0.2) is 7.05 Å². The van der Waals surface area contributed by atoms with Crippen LogP contribution in [0.15, 0.2) is 35.3 Å². The van der Waals surface area contributed by atoms with Crippen LogP contribution in [0.4, 0.5) is 4.39 Å². The maximum Gasteiger partial charge on any atom is 0.124 e. The topological polar surface area (TPSA) is 12.0 Å². The number of unbranched alkanes of at least 4 members (excludes halogenated alkanes) is 3. The molecule has 0 saturated heterocycles. The summed E-state index contributed by atoms with van der Waals surface area (Å²) in [6.45, 7) is 3.72. The summed E-state index contributed by atoms with van der Waals surface area (Å²) in [6.07, 6.45) is 7.60. The molecule has 0 aliphatic heterocycles.